The minimum absolute atomic E-state index is 0.0396. The predicted molar refractivity (Wildman–Crippen MR) is 74.9 cm³/mol. The lowest BCUT2D eigenvalue weighted by atomic mass is 9.80. The highest BCUT2D eigenvalue weighted by Crippen LogP contribution is 2.31. The van der Waals surface area contributed by atoms with Crippen LogP contribution >= 0.6 is 11.3 Å². The van der Waals surface area contributed by atoms with Crippen molar-refractivity contribution in [3.8, 4) is 0 Å². The second-order valence-corrected chi connectivity index (χ2v) is 6.30. The molecule has 1 saturated heterocycles. The van der Waals surface area contributed by atoms with Gasteiger partial charge in [0.2, 0.25) is 5.91 Å². The lowest BCUT2D eigenvalue weighted by molar-refractivity contribution is -0.153. The Morgan fingerprint density at radius 2 is 2.00 bits per heavy atom. The van der Waals surface area contributed by atoms with E-state index in [1.54, 1.807) is 24.1 Å². The van der Waals surface area contributed by atoms with Gasteiger partial charge in [0.05, 0.1) is 5.41 Å². The third-order valence-corrected chi connectivity index (χ3v) is 4.89. The molecule has 0 atom stereocenters. The molecule has 6 nitrogen and oxygen atoms in total. The molecule has 110 valence electrons. The van der Waals surface area contributed by atoms with Gasteiger partial charge in [-0.2, -0.15) is 0 Å². The SMILES string of the molecule is Cc1csc(=O)n1CC(=O)N1CCC(C)(C(=O)O)CC1. The third kappa shape index (κ3) is 2.77. The third-order valence-electron chi connectivity index (χ3n) is 4.01. The highest BCUT2D eigenvalue weighted by molar-refractivity contribution is 7.07. The number of carboxylic acids is 1. The van der Waals surface area contributed by atoms with Crippen molar-refractivity contribution in [1.29, 1.82) is 0 Å². The fourth-order valence-corrected chi connectivity index (χ4v) is 3.03. The van der Waals surface area contributed by atoms with Crippen molar-refractivity contribution < 1.29 is 14.7 Å². The summed E-state index contributed by atoms with van der Waals surface area (Å²) in [7, 11) is 0. The molecule has 2 rings (SSSR count). The summed E-state index contributed by atoms with van der Waals surface area (Å²) >= 11 is 1.08. The van der Waals surface area contributed by atoms with Gasteiger partial charge < -0.3 is 10.0 Å². The van der Waals surface area contributed by atoms with Gasteiger partial charge in [-0.05, 0) is 26.7 Å². The number of amides is 1. The summed E-state index contributed by atoms with van der Waals surface area (Å²) in [5.41, 5.74) is 0.0343. The van der Waals surface area contributed by atoms with Crippen LogP contribution < -0.4 is 4.87 Å². The number of rotatable bonds is 3. The zero-order valence-corrected chi connectivity index (χ0v) is 12.4. The van der Waals surface area contributed by atoms with Crippen LogP contribution in [0.25, 0.3) is 0 Å². The number of hydrogen-bond donors (Lipinski definition) is 1. The molecule has 0 radical (unpaired) electrons. The maximum Gasteiger partial charge on any atom is 0.309 e. The number of aromatic nitrogens is 1. The number of aliphatic carboxylic acids is 1. The fraction of sp³-hybridized carbons (Fsp3) is 0.615. The molecule has 7 heteroatoms. The topological polar surface area (TPSA) is 79.6 Å². The van der Waals surface area contributed by atoms with Crippen molar-refractivity contribution in [3.05, 3.63) is 20.7 Å². The predicted octanol–water partition coefficient (Wildman–Crippen LogP) is 0.932. The van der Waals surface area contributed by atoms with Crippen molar-refractivity contribution in [1.82, 2.24) is 9.47 Å². The Bertz CT molecular complexity index is 581. The van der Waals surface area contributed by atoms with E-state index < -0.39 is 11.4 Å². The second kappa shape index (κ2) is 5.40. The molecule has 0 spiro atoms. The first kappa shape index (κ1) is 14.8. The zero-order valence-electron chi connectivity index (χ0n) is 11.6. The lowest BCUT2D eigenvalue weighted by Gasteiger charge is -2.36. The molecule has 0 unspecified atom stereocenters. The summed E-state index contributed by atoms with van der Waals surface area (Å²) < 4.78 is 1.46. The lowest BCUT2D eigenvalue weighted by Crippen LogP contribution is -2.46. The van der Waals surface area contributed by atoms with Crippen molar-refractivity contribution in [3.63, 3.8) is 0 Å². The largest absolute Gasteiger partial charge is 0.481 e. The van der Waals surface area contributed by atoms with Crippen molar-refractivity contribution in [2.45, 2.75) is 33.2 Å². The molecule has 0 aromatic carbocycles. The van der Waals surface area contributed by atoms with E-state index in [0.717, 1.165) is 17.0 Å². The van der Waals surface area contributed by atoms with Crippen LogP contribution in [0.2, 0.25) is 0 Å². The first-order valence-electron chi connectivity index (χ1n) is 6.49. The van der Waals surface area contributed by atoms with E-state index in [1.807, 2.05) is 0 Å². The van der Waals surface area contributed by atoms with Gasteiger partial charge in [-0.3, -0.25) is 19.0 Å². The molecule has 2 heterocycles. The van der Waals surface area contributed by atoms with E-state index in [-0.39, 0.29) is 17.3 Å². The summed E-state index contributed by atoms with van der Waals surface area (Å²) in [4.78, 5) is 36.4. The van der Waals surface area contributed by atoms with Gasteiger partial charge in [0.1, 0.15) is 6.54 Å². The molecule has 1 aromatic heterocycles. The van der Waals surface area contributed by atoms with Gasteiger partial charge in [-0.1, -0.05) is 11.3 Å². The van der Waals surface area contributed by atoms with E-state index in [0.29, 0.717) is 25.9 Å². The van der Waals surface area contributed by atoms with E-state index >= 15 is 0 Å². The maximum absolute atomic E-state index is 12.2. The molecule has 1 aliphatic heterocycles. The van der Waals surface area contributed by atoms with Gasteiger partial charge in [0, 0.05) is 24.2 Å². The second-order valence-electron chi connectivity index (χ2n) is 5.48. The minimum Gasteiger partial charge on any atom is -0.481 e. The van der Waals surface area contributed by atoms with Gasteiger partial charge >= 0.3 is 10.8 Å². The Morgan fingerprint density at radius 3 is 2.45 bits per heavy atom. The molecular formula is C13H18N2O4S. The molecule has 0 bridgehead atoms. The molecule has 1 N–H and O–H groups in total. The van der Waals surface area contributed by atoms with Crippen molar-refractivity contribution in [2.24, 2.45) is 5.41 Å². The van der Waals surface area contributed by atoms with Crippen LogP contribution in [0.3, 0.4) is 0 Å². The molecular weight excluding hydrogens is 280 g/mol. The molecule has 1 aliphatic rings. The first-order chi connectivity index (χ1) is 9.33. The smallest absolute Gasteiger partial charge is 0.309 e. The molecule has 0 aliphatic carbocycles. The quantitative estimate of drug-likeness (QED) is 0.900. The summed E-state index contributed by atoms with van der Waals surface area (Å²) in [6.07, 6.45) is 0.900. The minimum atomic E-state index is -0.811. The Hall–Kier alpha value is -1.63. The molecule has 1 amide bonds. The summed E-state index contributed by atoms with van der Waals surface area (Å²) in [5.74, 6) is -0.935. The summed E-state index contributed by atoms with van der Waals surface area (Å²) in [6.45, 7) is 4.41. The van der Waals surface area contributed by atoms with E-state index in [4.69, 9.17) is 5.11 Å². The fourth-order valence-electron chi connectivity index (χ4n) is 2.29. The van der Waals surface area contributed by atoms with Crippen LogP contribution in [-0.2, 0) is 16.1 Å². The number of carbonyl (C=O) groups is 2. The van der Waals surface area contributed by atoms with Crippen LogP contribution in [0.5, 0.6) is 0 Å². The summed E-state index contributed by atoms with van der Waals surface area (Å²) in [6, 6.07) is 0. The first-order valence-corrected chi connectivity index (χ1v) is 7.37. The van der Waals surface area contributed by atoms with E-state index in [9.17, 15) is 14.4 Å². The highest BCUT2D eigenvalue weighted by Gasteiger charge is 2.38. The Morgan fingerprint density at radius 1 is 1.40 bits per heavy atom. The van der Waals surface area contributed by atoms with Crippen LogP contribution in [0.4, 0.5) is 0 Å². The summed E-state index contributed by atoms with van der Waals surface area (Å²) in [5, 5.41) is 10.9. The van der Waals surface area contributed by atoms with Crippen LogP contribution in [-0.4, -0.2) is 39.5 Å². The number of carbonyl (C=O) groups excluding carboxylic acids is 1. The van der Waals surface area contributed by atoms with Crippen LogP contribution in [0.15, 0.2) is 10.2 Å². The van der Waals surface area contributed by atoms with Crippen LogP contribution in [0, 0.1) is 12.3 Å². The monoisotopic (exact) mass is 298 g/mol. The maximum atomic E-state index is 12.2. The number of carboxylic acid groups (broad SMARTS) is 1. The zero-order chi connectivity index (χ0) is 14.9. The standard InChI is InChI=1S/C13H18N2O4S/c1-9-8-20-12(19)15(9)7-10(16)14-5-3-13(2,4-6-14)11(17)18/h8H,3-7H2,1-2H3,(H,17,18). The number of aryl methyl sites for hydroxylation is 1. The van der Waals surface area contributed by atoms with Crippen LogP contribution in [0.1, 0.15) is 25.5 Å². The normalized spacial score (nSPS) is 18.0. The Balaban J connectivity index is 1.99. The number of nitrogens with zero attached hydrogens (tertiary/aromatic N) is 2. The Labute approximate surface area is 120 Å². The highest BCUT2D eigenvalue weighted by atomic mass is 32.1. The van der Waals surface area contributed by atoms with Gasteiger partial charge in [0.15, 0.2) is 0 Å². The number of thiazole rings is 1. The van der Waals surface area contributed by atoms with E-state index in [2.05, 4.69) is 0 Å². The van der Waals surface area contributed by atoms with Gasteiger partial charge in [0.25, 0.3) is 0 Å². The van der Waals surface area contributed by atoms with Gasteiger partial charge in [-0.25, -0.2) is 0 Å². The average molecular weight is 298 g/mol. The molecule has 20 heavy (non-hydrogen) atoms. The van der Waals surface area contributed by atoms with E-state index in [1.165, 1.54) is 4.57 Å². The molecule has 0 saturated carbocycles. The number of likely N-dealkylation sites (tertiary alicyclic amines) is 1. The molecule has 1 fully saturated rings. The van der Waals surface area contributed by atoms with Crippen molar-refractivity contribution >= 4 is 23.2 Å². The van der Waals surface area contributed by atoms with Gasteiger partial charge in [-0.15, -0.1) is 0 Å². The average Bonchev–Trinajstić information content (AvgIpc) is 2.71. The number of hydrogen-bond acceptors (Lipinski definition) is 4. The number of piperidine rings is 1. The van der Waals surface area contributed by atoms with Crippen molar-refractivity contribution in [2.75, 3.05) is 13.1 Å². The Kier molecular flexibility index (Phi) is 3.99. The molecule has 1 aromatic rings.